The lowest BCUT2D eigenvalue weighted by Gasteiger charge is -2.18. The normalized spacial score (nSPS) is 11.8. The standard InChI is InChI=1S/C17H17N3S/c1-17(2,3)16-19-13(10-14(21)20-16)12-8-4-6-11-7-5-9-18-15(11)12/h4-10H,1-3H3,(H,19,20,21). The Bertz CT molecular complexity index is 854. The number of H-pyrrole nitrogens is 1. The van der Waals surface area contributed by atoms with Gasteiger partial charge in [0.2, 0.25) is 0 Å². The fourth-order valence-electron chi connectivity index (χ4n) is 2.28. The zero-order valence-corrected chi connectivity index (χ0v) is 13.2. The van der Waals surface area contributed by atoms with E-state index in [4.69, 9.17) is 12.2 Å². The van der Waals surface area contributed by atoms with Gasteiger partial charge in [-0.2, -0.15) is 0 Å². The molecule has 0 unspecified atom stereocenters. The number of nitrogens with one attached hydrogen (secondary N) is 1. The van der Waals surface area contributed by atoms with Crippen LogP contribution in [0.3, 0.4) is 0 Å². The van der Waals surface area contributed by atoms with Crippen LogP contribution in [0.5, 0.6) is 0 Å². The highest BCUT2D eigenvalue weighted by molar-refractivity contribution is 7.71. The maximum atomic E-state index is 5.33. The quantitative estimate of drug-likeness (QED) is 0.664. The molecule has 106 valence electrons. The van der Waals surface area contributed by atoms with Crippen LogP contribution in [0.25, 0.3) is 22.2 Å². The SMILES string of the molecule is CC(C)(C)c1nc(=S)cc(-c2cccc3cccnc23)[nH]1. The van der Waals surface area contributed by atoms with Gasteiger partial charge in [-0.05, 0) is 12.1 Å². The van der Waals surface area contributed by atoms with Gasteiger partial charge in [0.1, 0.15) is 10.5 Å². The van der Waals surface area contributed by atoms with Crippen LogP contribution in [0.1, 0.15) is 26.6 Å². The molecule has 0 amide bonds. The molecule has 0 atom stereocenters. The van der Waals surface area contributed by atoms with E-state index < -0.39 is 0 Å². The number of aromatic nitrogens is 3. The third kappa shape index (κ3) is 2.72. The molecule has 0 radical (unpaired) electrons. The van der Waals surface area contributed by atoms with E-state index in [0.29, 0.717) is 4.64 Å². The van der Waals surface area contributed by atoms with E-state index in [-0.39, 0.29) is 5.41 Å². The van der Waals surface area contributed by atoms with Gasteiger partial charge in [-0.25, -0.2) is 4.98 Å². The van der Waals surface area contributed by atoms with Crippen LogP contribution in [0, 0.1) is 4.64 Å². The fraction of sp³-hybridized carbons (Fsp3) is 0.235. The lowest BCUT2D eigenvalue weighted by atomic mass is 9.95. The van der Waals surface area contributed by atoms with Gasteiger partial charge in [-0.3, -0.25) is 4.98 Å². The highest BCUT2D eigenvalue weighted by Crippen LogP contribution is 2.27. The summed E-state index contributed by atoms with van der Waals surface area (Å²) in [7, 11) is 0. The number of hydrogen-bond acceptors (Lipinski definition) is 3. The van der Waals surface area contributed by atoms with Crippen LogP contribution in [0.4, 0.5) is 0 Å². The summed E-state index contributed by atoms with van der Waals surface area (Å²) in [5, 5.41) is 1.11. The van der Waals surface area contributed by atoms with Crippen LogP contribution in [0.2, 0.25) is 0 Å². The first-order valence-electron chi connectivity index (χ1n) is 6.91. The Hall–Kier alpha value is -2.07. The lowest BCUT2D eigenvalue weighted by Crippen LogP contribution is -2.16. The molecule has 1 aromatic carbocycles. The predicted octanol–water partition coefficient (Wildman–Crippen LogP) is 4.65. The van der Waals surface area contributed by atoms with Crippen molar-refractivity contribution in [3.05, 3.63) is 53.1 Å². The predicted molar refractivity (Wildman–Crippen MR) is 88.9 cm³/mol. The molecule has 1 N–H and O–H groups in total. The van der Waals surface area contributed by atoms with Crippen molar-refractivity contribution in [2.45, 2.75) is 26.2 Å². The number of nitrogens with zero attached hydrogens (tertiary/aromatic N) is 2. The molecule has 0 aliphatic heterocycles. The van der Waals surface area contributed by atoms with Crippen molar-refractivity contribution >= 4 is 23.1 Å². The van der Waals surface area contributed by atoms with E-state index in [1.807, 2.05) is 24.4 Å². The van der Waals surface area contributed by atoms with Crippen molar-refractivity contribution in [2.24, 2.45) is 0 Å². The summed E-state index contributed by atoms with van der Waals surface area (Å²) in [4.78, 5) is 12.4. The van der Waals surface area contributed by atoms with Gasteiger partial charge in [-0.15, -0.1) is 0 Å². The second-order valence-electron chi connectivity index (χ2n) is 6.11. The number of aromatic amines is 1. The lowest BCUT2D eigenvalue weighted by molar-refractivity contribution is 0.545. The summed E-state index contributed by atoms with van der Waals surface area (Å²) >= 11 is 5.33. The molecule has 2 aromatic heterocycles. The van der Waals surface area contributed by atoms with Gasteiger partial charge in [-0.1, -0.05) is 57.3 Å². The minimum Gasteiger partial charge on any atom is -0.343 e. The van der Waals surface area contributed by atoms with Crippen molar-refractivity contribution in [3.8, 4) is 11.3 Å². The van der Waals surface area contributed by atoms with Gasteiger partial charge in [0.15, 0.2) is 0 Å². The highest BCUT2D eigenvalue weighted by atomic mass is 32.1. The number of fused-ring (bicyclic) bond motifs is 1. The average Bonchev–Trinajstić information content (AvgIpc) is 2.45. The number of benzene rings is 1. The summed E-state index contributed by atoms with van der Waals surface area (Å²) in [6.45, 7) is 6.35. The third-order valence-corrected chi connectivity index (χ3v) is 3.59. The van der Waals surface area contributed by atoms with Crippen LogP contribution >= 0.6 is 12.2 Å². The van der Waals surface area contributed by atoms with E-state index in [1.54, 1.807) is 0 Å². The van der Waals surface area contributed by atoms with Gasteiger partial charge in [0.05, 0.1) is 11.2 Å². The second kappa shape index (κ2) is 5.04. The summed E-state index contributed by atoms with van der Waals surface area (Å²) in [5.41, 5.74) is 2.90. The summed E-state index contributed by atoms with van der Waals surface area (Å²) in [6.07, 6.45) is 1.81. The smallest absolute Gasteiger partial charge is 0.130 e. The van der Waals surface area contributed by atoms with Crippen molar-refractivity contribution in [1.29, 1.82) is 0 Å². The monoisotopic (exact) mass is 295 g/mol. The molecule has 0 spiro atoms. The number of hydrogen-bond donors (Lipinski definition) is 1. The molecule has 2 heterocycles. The van der Waals surface area contributed by atoms with E-state index in [9.17, 15) is 0 Å². The summed E-state index contributed by atoms with van der Waals surface area (Å²) < 4.78 is 0.599. The van der Waals surface area contributed by atoms with Crippen LogP contribution < -0.4 is 0 Å². The summed E-state index contributed by atoms with van der Waals surface area (Å²) in [6, 6.07) is 12.1. The summed E-state index contributed by atoms with van der Waals surface area (Å²) in [5.74, 6) is 0.887. The van der Waals surface area contributed by atoms with Gasteiger partial charge in [0.25, 0.3) is 0 Å². The molecule has 0 fully saturated rings. The Morgan fingerprint density at radius 1 is 1.10 bits per heavy atom. The Balaban J connectivity index is 2.29. The molecule has 4 heteroatoms. The molecule has 0 bridgehead atoms. The van der Waals surface area contributed by atoms with Crippen LogP contribution in [0.15, 0.2) is 42.6 Å². The molecule has 21 heavy (non-hydrogen) atoms. The topological polar surface area (TPSA) is 41.6 Å². The first-order chi connectivity index (χ1) is 9.95. The second-order valence-corrected chi connectivity index (χ2v) is 6.53. The minimum atomic E-state index is -0.0818. The Labute approximate surface area is 129 Å². The Morgan fingerprint density at radius 3 is 2.62 bits per heavy atom. The van der Waals surface area contributed by atoms with Crippen molar-refractivity contribution in [3.63, 3.8) is 0 Å². The van der Waals surface area contributed by atoms with Gasteiger partial charge < -0.3 is 4.98 Å². The van der Waals surface area contributed by atoms with Crippen molar-refractivity contribution in [1.82, 2.24) is 15.0 Å². The van der Waals surface area contributed by atoms with Crippen LogP contribution in [-0.4, -0.2) is 15.0 Å². The highest BCUT2D eigenvalue weighted by Gasteiger charge is 2.17. The van der Waals surface area contributed by atoms with Crippen LogP contribution in [-0.2, 0) is 5.41 Å². The molecular weight excluding hydrogens is 278 g/mol. The molecule has 3 aromatic rings. The van der Waals surface area contributed by atoms with E-state index in [0.717, 1.165) is 28.0 Å². The number of para-hydroxylation sites is 1. The molecule has 0 saturated heterocycles. The Kier molecular flexibility index (Phi) is 3.33. The molecule has 3 nitrogen and oxygen atoms in total. The minimum absolute atomic E-state index is 0.0818. The fourth-order valence-corrected chi connectivity index (χ4v) is 2.49. The number of pyridine rings is 1. The van der Waals surface area contributed by atoms with Gasteiger partial charge in [0, 0.05) is 22.6 Å². The Morgan fingerprint density at radius 2 is 1.86 bits per heavy atom. The van der Waals surface area contributed by atoms with Gasteiger partial charge >= 0.3 is 0 Å². The maximum Gasteiger partial charge on any atom is 0.130 e. The molecule has 0 aliphatic rings. The molecular formula is C17H17N3S. The average molecular weight is 295 g/mol. The van der Waals surface area contributed by atoms with E-state index >= 15 is 0 Å². The van der Waals surface area contributed by atoms with Crippen molar-refractivity contribution in [2.75, 3.05) is 0 Å². The van der Waals surface area contributed by atoms with Crippen molar-refractivity contribution < 1.29 is 0 Å². The molecule has 0 aliphatic carbocycles. The molecule has 0 saturated carbocycles. The maximum absolute atomic E-state index is 5.33. The largest absolute Gasteiger partial charge is 0.343 e. The van der Waals surface area contributed by atoms with E-state index in [2.05, 4.69) is 53.9 Å². The zero-order chi connectivity index (χ0) is 15.0. The molecule has 3 rings (SSSR count). The van der Waals surface area contributed by atoms with E-state index in [1.165, 1.54) is 0 Å². The first-order valence-corrected chi connectivity index (χ1v) is 7.32. The number of rotatable bonds is 1. The zero-order valence-electron chi connectivity index (χ0n) is 12.3. The first kappa shape index (κ1) is 13.9. The third-order valence-electron chi connectivity index (χ3n) is 3.38.